The number of hydrogen-bond acceptors (Lipinski definition) is 2. The molecule has 1 aliphatic carbocycles. The first kappa shape index (κ1) is 10.5. The summed E-state index contributed by atoms with van der Waals surface area (Å²) < 4.78 is 36.8. The predicted molar refractivity (Wildman–Crippen MR) is 48.1 cm³/mol. The van der Waals surface area contributed by atoms with Crippen molar-refractivity contribution in [3.63, 3.8) is 0 Å². The predicted octanol–water partition coefficient (Wildman–Crippen LogP) is 1.88. The highest BCUT2D eigenvalue weighted by molar-refractivity contribution is 5.30. The average molecular weight is 219 g/mol. The molecular weight excluding hydrogens is 207 g/mol. The zero-order valence-electron chi connectivity index (χ0n) is 8.39. The van der Waals surface area contributed by atoms with Gasteiger partial charge in [-0.05, 0) is 11.5 Å². The van der Waals surface area contributed by atoms with Gasteiger partial charge in [-0.2, -0.15) is 18.3 Å². The van der Waals surface area contributed by atoms with Crippen molar-refractivity contribution in [2.45, 2.75) is 32.0 Å². The quantitative estimate of drug-likeness (QED) is 0.757. The van der Waals surface area contributed by atoms with E-state index in [4.69, 9.17) is 5.73 Å². The summed E-state index contributed by atoms with van der Waals surface area (Å²) in [6.07, 6.45) is -4.39. The second-order valence-electron chi connectivity index (χ2n) is 4.53. The second-order valence-corrected chi connectivity index (χ2v) is 4.53. The number of aromatic nitrogens is 2. The van der Waals surface area contributed by atoms with Gasteiger partial charge in [0.05, 0.1) is 0 Å². The molecule has 0 saturated heterocycles. The van der Waals surface area contributed by atoms with Crippen molar-refractivity contribution in [2.75, 3.05) is 0 Å². The Balaban J connectivity index is 2.23. The Kier molecular flexibility index (Phi) is 1.92. The van der Waals surface area contributed by atoms with Crippen LogP contribution in [0.3, 0.4) is 0 Å². The van der Waals surface area contributed by atoms with E-state index in [2.05, 4.69) is 10.2 Å². The number of hydrogen-bond donors (Lipinski definition) is 2. The van der Waals surface area contributed by atoms with Gasteiger partial charge >= 0.3 is 6.18 Å². The molecule has 3 nitrogen and oxygen atoms in total. The Bertz CT molecular complexity index is 380. The van der Waals surface area contributed by atoms with Crippen molar-refractivity contribution in [1.82, 2.24) is 10.2 Å². The fourth-order valence-corrected chi connectivity index (χ4v) is 1.91. The summed E-state index contributed by atoms with van der Waals surface area (Å²) in [6, 6.07) is 0.943. The number of alkyl halides is 3. The minimum atomic E-state index is -4.39. The van der Waals surface area contributed by atoms with E-state index in [9.17, 15) is 13.2 Å². The lowest BCUT2D eigenvalue weighted by Crippen LogP contribution is -2.06. The summed E-state index contributed by atoms with van der Waals surface area (Å²) in [5.41, 5.74) is 5.21. The number of nitrogens with one attached hydrogen (secondary N) is 1. The van der Waals surface area contributed by atoms with Crippen LogP contribution in [0.15, 0.2) is 6.07 Å². The van der Waals surface area contributed by atoms with Crippen LogP contribution in [-0.4, -0.2) is 16.2 Å². The van der Waals surface area contributed by atoms with E-state index < -0.39 is 11.9 Å². The van der Waals surface area contributed by atoms with Crippen LogP contribution in [0.5, 0.6) is 0 Å². The molecule has 0 amide bonds. The minimum Gasteiger partial charge on any atom is -0.327 e. The van der Waals surface area contributed by atoms with Crippen LogP contribution in [0, 0.1) is 5.41 Å². The van der Waals surface area contributed by atoms with Crippen molar-refractivity contribution in [3.8, 4) is 0 Å². The van der Waals surface area contributed by atoms with Crippen LogP contribution in [0.4, 0.5) is 13.2 Å². The highest BCUT2D eigenvalue weighted by Gasteiger charge is 2.57. The largest absolute Gasteiger partial charge is 0.435 e. The SMILES string of the molecule is CC1(C)C(N)C1c1cc(C(F)(F)F)n[nH]1. The zero-order valence-corrected chi connectivity index (χ0v) is 8.39. The van der Waals surface area contributed by atoms with Gasteiger partial charge in [0.25, 0.3) is 0 Å². The van der Waals surface area contributed by atoms with Gasteiger partial charge in [-0.3, -0.25) is 5.10 Å². The molecule has 2 rings (SSSR count). The van der Waals surface area contributed by atoms with E-state index >= 15 is 0 Å². The van der Waals surface area contributed by atoms with Gasteiger partial charge in [-0.15, -0.1) is 0 Å². The van der Waals surface area contributed by atoms with Gasteiger partial charge in [-0.1, -0.05) is 13.8 Å². The molecule has 0 aliphatic heterocycles. The summed E-state index contributed by atoms with van der Waals surface area (Å²) in [4.78, 5) is 0. The molecule has 0 aromatic carbocycles. The van der Waals surface area contributed by atoms with Crippen molar-refractivity contribution in [1.29, 1.82) is 0 Å². The second kappa shape index (κ2) is 2.75. The molecular formula is C9H12F3N3. The lowest BCUT2D eigenvalue weighted by Gasteiger charge is -1.99. The summed E-state index contributed by atoms with van der Waals surface area (Å²) in [6.45, 7) is 3.85. The van der Waals surface area contributed by atoms with Crippen LogP contribution in [0.2, 0.25) is 0 Å². The summed E-state index contributed by atoms with van der Waals surface area (Å²) in [5.74, 6) is -0.0545. The first-order valence-electron chi connectivity index (χ1n) is 4.62. The molecule has 15 heavy (non-hydrogen) atoms. The van der Waals surface area contributed by atoms with Crippen LogP contribution >= 0.6 is 0 Å². The molecule has 1 saturated carbocycles. The molecule has 1 aromatic rings. The Morgan fingerprint density at radius 3 is 2.33 bits per heavy atom. The normalized spacial score (nSPS) is 29.2. The Hall–Kier alpha value is -1.04. The van der Waals surface area contributed by atoms with Gasteiger partial charge < -0.3 is 5.73 Å². The molecule has 6 heteroatoms. The molecule has 1 aromatic heterocycles. The number of halogens is 3. The van der Waals surface area contributed by atoms with Crippen molar-refractivity contribution < 1.29 is 13.2 Å². The van der Waals surface area contributed by atoms with Gasteiger partial charge in [0.15, 0.2) is 5.69 Å². The lowest BCUT2D eigenvalue weighted by molar-refractivity contribution is -0.141. The van der Waals surface area contributed by atoms with Crippen molar-refractivity contribution in [2.24, 2.45) is 11.1 Å². The standard InChI is InChI=1S/C9H12F3N3/c1-8(2)6(7(8)13)4-3-5(15-14-4)9(10,11)12/h3,6-7H,13H2,1-2H3,(H,14,15). The Morgan fingerprint density at radius 2 is 2.00 bits per heavy atom. The maximum absolute atomic E-state index is 12.3. The third kappa shape index (κ3) is 1.52. The van der Waals surface area contributed by atoms with Crippen LogP contribution in [0.1, 0.15) is 31.2 Å². The lowest BCUT2D eigenvalue weighted by atomic mass is 10.1. The summed E-state index contributed by atoms with van der Waals surface area (Å²) >= 11 is 0. The van der Waals surface area contributed by atoms with Crippen LogP contribution < -0.4 is 5.73 Å². The third-order valence-electron chi connectivity index (χ3n) is 3.13. The van der Waals surface area contributed by atoms with E-state index in [0.717, 1.165) is 6.07 Å². The van der Waals surface area contributed by atoms with Gasteiger partial charge in [0.2, 0.25) is 0 Å². The Morgan fingerprint density at radius 1 is 1.47 bits per heavy atom. The van der Waals surface area contributed by atoms with Crippen molar-refractivity contribution >= 4 is 0 Å². The molecule has 1 heterocycles. The molecule has 0 spiro atoms. The average Bonchev–Trinajstić information content (AvgIpc) is 2.53. The monoisotopic (exact) mass is 219 g/mol. The highest BCUT2D eigenvalue weighted by Crippen LogP contribution is 2.57. The molecule has 1 fully saturated rings. The molecule has 1 aliphatic rings. The Labute approximate surface area is 84.8 Å². The number of nitrogens with zero attached hydrogens (tertiary/aromatic N) is 1. The molecule has 3 N–H and O–H groups in total. The fourth-order valence-electron chi connectivity index (χ4n) is 1.91. The topological polar surface area (TPSA) is 54.7 Å². The molecule has 0 radical (unpaired) electrons. The van der Waals surface area contributed by atoms with Gasteiger partial charge in [-0.25, -0.2) is 0 Å². The fraction of sp³-hybridized carbons (Fsp3) is 0.667. The molecule has 2 unspecified atom stereocenters. The van der Waals surface area contributed by atoms with Gasteiger partial charge in [0, 0.05) is 17.7 Å². The van der Waals surface area contributed by atoms with Crippen LogP contribution in [-0.2, 0) is 6.18 Å². The highest BCUT2D eigenvalue weighted by atomic mass is 19.4. The maximum Gasteiger partial charge on any atom is 0.435 e. The number of aromatic amines is 1. The zero-order chi connectivity index (χ0) is 11.4. The van der Waals surface area contributed by atoms with Crippen molar-refractivity contribution in [3.05, 3.63) is 17.5 Å². The number of H-pyrrole nitrogens is 1. The van der Waals surface area contributed by atoms with E-state index in [1.54, 1.807) is 0 Å². The van der Waals surface area contributed by atoms with E-state index in [1.807, 2.05) is 13.8 Å². The molecule has 0 bridgehead atoms. The number of rotatable bonds is 1. The smallest absolute Gasteiger partial charge is 0.327 e. The third-order valence-corrected chi connectivity index (χ3v) is 3.13. The van der Waals surface area contributed by atoms with E-state index in [1.165, 1.54) is 0 Å². The summed E-state index contributed by atoms with van der Waals surface area (Å²) in [7, 11) is 0. The van der Waals surface area contributed by atoms with Gasteiger partial charge in [0.1, 0.15) is 0 Å². The number of nitrogens with two attached hydrogens (primary N) is 1. The maximum atomic E-state index is 12.3. The minimum absolute atomic E-state index is 0.0545. The van der Waals surface area contributed by atoms with E-state index in [-0.39, 0.29) is 17.4 Å². The first-order valence-corrected chi connectivity index (χ1v) is 4.62. The molecule has 2 atom stereocenters. The summed E-state index contributed by atoms with van der Waals surface area (Å²) in [5, 5.41) is 5.65. The van der Waals surface area contributed by atoms with E-state index in [0.29, 0.717) is 5.69 Å². The first-order chi connectivity index (χ1) is 6.74. The molecule has 84 valence electrons. The van der Waals surface area contributed by atoms with Crippen LogP contribution in [0.25, 0.3) is 0 Å².